The number of furan rings is 1. The van der Waals surface area contributed by atoms with Crippen molar-refractivity contribution in [3.63, 3.8) is 0 Å². The van der Waals surface area contributed by atoms with Crippen molar-refractivity contribution in [3.8, 4) is 0 Å². The maximum Gasteiger partial charge on any atom is 0.234 e. The molecule has 1 amide bonds. The molecule has 3 aromatic rings. The number of hydrogen-bond acceptors (Lipinski definition) is 6. The third kappa shape index (κ3) is 4.42. The van der Waals surface area contributed by atoms with Crippen LogP contribution in [0.4, 0.5) is 5.69 Å². The summed E-state index contributed by atoms with van der Waals surface area (Å²) in [6.07, 6.45) is 1.60. The first-order chi connectivity index (χ1) is 11.2. The second-order valence-corrected chi connectivity index (χ2v) is 6.40. The lowest BCUT2D eigenvalue weighted by molar-refractivity contribution is -0.113. The second kappa shape index (κ2) is 7.42. The van der Waals surface area contributed by atoms with Crippen molar-refractivity contribution in [2.24, 2.45) is 0 Å². The van der Waals surface area contributed by atoms with E-state index < -0.39 is 0 Å². The SMILES string of the molecule is O=C(CSc1nnnn1Cc1ccco1)Nc1ccc(Br)cc1. The topological polar surface area (TPSA) is 85.8 Å². The molecule has 0 bridgehead atoms. The van der Waals surface area contributed by atoms with Gasteiger partial charge in [0.15, 0.2) is 0 Å². The molecule has 7 nitrogen and oxygen atoms in total. The number of nitrogens with zero attached hydrogens (tertiary/aromatic N) is 4. The average Bonchev–Trinajstić information content (AvgIpc) is 3.20. The van der Waals surface area contributed by atoms with Gasteiger partial charge < -0.3 is 9.73 Å². The highest BCUT2D eigenvalue weighted by Crippen LogP contribution is 2.17. The van der Waals surface area contributed by atoms with Crippen LogP contribution in [0, 0.1) is 0 Å². The number of halogens is 1. The van der Waals surface area contributed by atoms with Gasteiger partial charge in [-0.1, -0.05) is 27.7 Å². The Balaban J connectivity index is 1.55. The summed E-state index contributed by atoms with van der Waals surface area (Å²) in [7, 11) is 0. The van der Waals surface area contributed by atoms with Crippen molar-refractivity contribution >= 4 is 39.3 Å². The Bertz CT molecular complexity index is 773. The molecule has 0 aliphatic carbocycles. The van der Waals surface area contributed by atoms with Crippen LogP contribution in [0.2, 0.25) is 0 Å². The lowest BCUT2D eigenvalue weighted by Crippen LogP contribution is -2.14. The highest BCUT2D eigenvalue weighted by atomic mass is 79.9. The minimum absolute atomic E-state index is 0.120. The zero-order chi connectivity index (χ0) is 16.1. The molecule has 0 saturated carbocycles. The average molecular weight is 394 g/mol. The molecule has 0 spiro atoms. The van der Waals surface area contributed by atoms with Gasteiger partial charge in [-0.2, -0.15) is 0 Å². The van der Waals surface area contributed by atoms with Gasteiger partial charge in [-0.15, -0.1) is 5.10 Å². The molecule has 0 aliphatic heterocycles. The number of benzene rings is 1. The van der Waals surface area contributed by atoms with Gasteiger partial charge in [0.1, 0.15) is 12.3 Å². The van der Waals surface area contributed by atoms with E-state index in [1.54, 1.807) is 17.0 Å². The number of rotatable bonds is 6. The van der Waals surface area contributed by atoms with Gasteiger partial charge in [-0.25, -0.2) is 4.68 Å². The Labute approximate surface area is 144 Å². The molecule has 2 aromatic heterocycles. The van der Waals surface area contributed by atoms with Gasteiger partial charge in [0.05, 0.1) is 12.0 Å². The van der Waals surface area contributed by atoms with Crippen LogP contribution < -0.4 is 5.32 Å². The van der Waals surface area contributed by atoms with Gasteiger partial charge in [0.25, 0.3) is 0 Å². The number of carbonyl (C=O) groups excluding carboxylic acids is 1. The van der Waals surface area contributed by atoms with Gasteiger partial charge in [-0.05, 0) is 46.8 Å². The minimum atomic E-state index is -0.120. The molecule has 0 unspecified atom stereocenters. The first-order valence-electron chi connectivity index (χ1n) is 6.67. The molecule has 0 atom stereocenters. The Morgan fingerprint density at radius 1 is 1.30 bits per heavy atom. The molecule has 0 saturated heterocycles. The van der Waals surface area contributed by atoms with Crippen molar-refractivity contribution in [2.75, 3.05) is 11.1 Å². The maximum atomic E-state index is 12.0. The van der Waals surface area contributed by atoms with Crippen molar-refractivity contribution in [1.29, 1.82) is 0 Å². The van der Waals surface area contributed by atoms with E-state index in [2.05, 4.69) is 36.8 Å². The van der Waals surface area contributed by atoms with Crippen LogP contribution in [0.1, 0.15) is 5.76 Å². The van der Waals surface area contributed by atoms with E-state index in [0.29, 0.717) is 11.7 Å². The van der Waals surface area contributed by atoms with Crippen LogP contribution in [0.25, 0.3) is 0 Å². The van der Waals surface area contributed by atoms with E-state index >= 15 is 0 Å². The highest BCUT2D eigenvalue weighted by Gasteiger charge is 2.11. The first kappa shape index (κ1) is 15.8. The molecule has 3 rings (SSSR count). The number of amides is 1. The van der Waals surface area contributed by atoms with Crippen LogP contribution in [0.15, 0.2) is 56.7 Å². The normalized spacial score (nSPS) is 10.7. The number of nitrogens with one attached hydrogen (secondary N) is 1. The fourth-order valence-electron chi connectivity index (χ4n) is 1.81. The summed E-state index contributed by atoms with van der Waals surface area (Å²) < 4.78 is 7.82. The number of aromatic nitrogens is 4. The summed E-state index contributed by atoms with van der Waals surface area (Å²) in [4.78, 5) is 12.0. The third-order valence-electron chi connectivity index (χ3n) is 2.85. The van der Waals surface area contributed by atoms with E-state index in [1.165, 1.54) is 11.8 Å². The molecule has 9 heteroatoms. The summed E-state index contributed by atoms with van der Waals surface area (Å²) in [5.74, 6) is 0.845. The third-order valence-corrected chi connectivity index (χ3v) is 4.33. The lowest BCUT2D eigenvalue weighted by Gasteiger charge is -2.05. The fraction of sp³-hybridized carbons (Fsp3) is 0.143. The van der Waals surface area contributed by atoms with E-state index in [0.717, 1.165) is 15.9 Å². The van der Waals surface area contributed by atoms with Gasteiger partial charge >= 0.3 is 0 Å². The number of carbonyl (C=O) groups is 1. The lowest BCUT2D eigenvalue weighted by atomic mass is 10.3. The molecular formula is C14H12BrN5O2S. The van der Waals surface area contributed by atoms with Crippen molar-refractivity contribution < 1.29 is 9.21 Å². The smallest absolute Gasteiger partial charge is 0.234 e. The number of tetrazole rings is 1. The quantitative estimate of drug-likeness (QED) is 0.648. The van der Waals surface area contributed by atoms with Crippen LogP contribution in [0.5, 0.6) is 0 Å². The van der Waals surface area contributed by atoms with Crippen molar-refractivity contribution in [3.05, 3.63) is 52.9 Å². The number of thioether (sulfide) groups is 1. The first-order valence-corrected chi connectivity index (χ1v) is 8.45. The highest BCUT2D eigenvalue weighted by molar-refractivity contribution is 9.10. The van der Waals surface area contributed by atoms with Crippen molar-refractivity contribution in [1.82, 2.24) is 20.2 Å². The Kier molecular flexibility index (Phi) is 5.09. The van der Waals surface area contributed by atoms with Crippen LogP contribution >= 0.6 is 27.7 Å². The zero-order valence-corrected chi connectivity index (χ0v) is 14.2. The molecule has 118 valence electrons. The standard InChI is InChI=1S/C14H12BrN5O2S/c15-10-3-5-11(6-4-10)16-13(21)9-23-14-17-18-19-20(14)8-12-2-1-7-22-12/h1-7H,8-9H2,(H,16,21). The molecule has 0 fully saturated rings. The van der Waals surface area contributed by atoms with Crippen LogP contribution in [0.3, 0.4) is 0 Å². The summed E-state index contributed by atoms with van der Waals surface area (Å²) >= 11 is 4.62. The summed E-state index contributed by atoms with van der Waals surface area (Å²) in [5.41, 5.74) is 0.744. The van der Waals surface area contributed by atoms with Gasteiger partial charge in [-0.3, -0.25) is 4.79 Å². The largest absolute Gasteiger partial charge is 0.467 e. The Hall–Kier alpha value is -2.13. The van der Waals surface area contributed by atoms with E-state index in [-0.39, 0.29) is 11.7 Å². The summed E-state index contributed by atoms with van der Waals surface area (Å²) in [5, 5.41) is 14.8. The van der Waals surface area contributed by atoms with E-state index in [9.17, 15) is 4.79 Å². The predicted octanol–water partition coefficient (Wildman–Crippen LogP) is 2.81. The molecule has 1 N–H and O–H groups in total. The molecule has 0 radical (unpaired) electrons. The number of hydrogen-bond donors (Lipinski definition) is 1. The molecule has 23 heavy (non-hydrogen) atoms. The van der Waals surface area contributed by atoms with Gasteiger partial charge in [0, 0.05) is 10.2 Å². The van der Waals surface area contributed by atoms with Gasteiger partial charge in [0.2, 0.25) is 11.1 Å². The molecular weight excluding hydrogens is 382 g/mol. The monoisotopic (exact) mass is 393 g/mol. The molecule has 0 aliphatic rings. The maximum absolute atomic E-state index is 12.0. The zero-order valence-electron chi connectivity index (χ0n) is 11.8. The summed E-state index contributed by atoms with van der Waals surface area (Å²) in [6, 6.07) is 11.0. The summed E-state index contributed by atoms with van der Waals surface area (Å²) in [6.45, 7) is 0.427. The molecule has 1 aromatic carbocycles. The van der Waals surface area contributed by atoms with Crippen LogP contribution in [-0.4, -0.2) is 31.9 Å². The Morgan fingerprint density at radius 3 is 2.87 bits per heavy atom. The van der Waals surface area contributed by atoms with Crippen molar-refractivity contribution in [2.45, 2.75) is 11.7 Å². The molecule has 2 heterocycles. The predicted molar refractivity (Wildman–Crippen MR) is 89.1 cm³/mol. The fourth-order valence-corrected chi connectivity index (χ4v) is 2.75. The minimum Gasteiger partial charge on any atom is -0.467 e. The Morgan fingerprint density at radius 2 is 2.13 bits per heavy atom. The van der Waals surface area contributed by atoms with E-state index in [1.807, 2.05) is 30.3 Å². The van der Waals surface area contributed by atoms with E-state index in [4.69, 9.17) is 4.42 Å². The second-order valence-electron chi connectivity index (χ2n) is 4.54. The van der Waals surface area contributed by atoms with Crippen LogP contribution in [-0.2, 0) is 11.3 Å². The number of anilines is 1.